The summed E-state index contributed by atoms with van der Waals surface area (Å²) in [5.74, 6) is 1.60. The van der Waals surface area contributed by atoms with E-state index in [4.69, 9.17) is 4.74 Å². The topological polar surface area (TPSA) is 108 Å². The Morgan fingerprint density at radius 1 is 1.10 bits per heavy atom. The van der Waals surface area contributed by atoms with Crippen LogP contribution in [0.15, 0.2) is 59.7 Å². The summed E-state index contributed by atoms with van der Waals surface area (Å²) < 4.78 is 32.0. The molecule has 2 aliphatic rings. The van der Waals surface area contributed by atoms with Crippen LogP contribution in [-0.4, -0.2) is 64.1 Å². The zero-order valence-electron chi connectivity index (χ0n) is 21.8. The normalized spacial score (nSPS) is 17.8. The molecule has 3 N–H and O–H groups in total. The minimum atomic E-state index is -2.77. The fourth-order valence-electron chi connectivity index (χ4n) is 4.85. The number of benzene rings is 2. The lowest BCUT2D eigenvalue weighted by Gasteiger charge is -2.36. The molecule has 1 atom stereocenters. The second-order valence-corrected chi connectivity index (χ2v) is 10.2. The maximum atomic E-state index is 13.3. The zero-order chi connectivity index (χ0) is 28.1. The van der Waals surface area contributed by atoms with E-state index in [0.717, 1.165) is 50.3 Å². The first-order valence-electron chi connectivity index (χ1n) is 13.2. The Morgan fingerprint density at radius 2 is 1.73 bits per heavy atom. The Balaban J connectivity index is 1.28. The molecule has 1 aromatic heterocycles. The van der Waals surface area contributed by atoms with Gasteiger partial charge in [-0.05, 0) is 35.4 Å². The number of nitrogens with zero attached hydrogens (tertiary/aromatic N) is 2. The molecule has 8 nitrogen and oxygen atoms in total. The highest BCUT2D eigenvalue weighted by Crippen LogP contribution is 2.38. The van der Waals surface area contributed by atoms with Gasteiger partial charge in [-0.25, -0.2) is 13.8 Å². The standard InChI is InChI=1S/C30H30F2N4O4/c31-30(32)16-24(17-30)35-28(38)25(15-26-27(37)29(39)34-19-33-26)23-9-7-21(8-10-23)2-1-20-3-5-22(6-4-20)18-36-11-13-40-14-12-36/h3-10,19,24-25,37H,11-18H2,(H,35,38)(H,33,34,39). The molecular weight excluding hydrogens is 518 g/mol. The van der Waals surface area contributed by atoms with Crippen molar-refractivity contribution in [2.24, 2.45) is 0 Å². The van der Waals surface area contributed by atoms with Crippen LogP contribution in [0.4, 0.5) is 8.78 Å². The molecule has 5 rings (SSSR count). The van der Waals surface area contributed by atoms with E-state index in [1.807, 2.05) is 12.1 Å². The number of amides is 1. The molecule has 0 spiro atoms. The predicted octanol–water partition coefficient (Wildman–Crippen LogP) is 2.95. The number of H-pyrrole nitrogens is 1. The van der Waals surface area contributed by atoms with Gasteiger partial charge in [0.15, 0.2) is 0 Å². The summed E-state index contributed by atoms with van der Waals surface area (Å²) in [4.78, 5) is 33.6. The number of ether oxygens (including phenoxy) is 1. The summed E-state index contributed by atoms with van der Waals surface area (Å²) in [6.07, 6.45) is 0.241. The number of hydrogen-bond acceptors (Lipinski definition) is 6. The lowest BCUT2D eigenvalue weighted by Crippen LogP contribution is -2.51. The lowest BCUT2D eigenvalue weighted by atomic mass is 9.86. The fraction of sp³-hybridized carbons (Fsp3) is 0.367. The molecule has 1 amide bonds. The van der Waals surface area contributed by atoms with Crippen molar-refractivity contribution in [3.8, 4) is 17.6 Å². The number of halogens is 2. The first-order chi connectivity index (χ1) is 19.3. The van der Waals surface area contributed by atoms with E-state index in [0.29, 0.717) is 5.56 Å². The number of hydrogen-bond donors (Lipinski definition) is 3. The molecule has 40 heavy (non-hydrogen) atoms. The Morgan fingerprint density at radius 3 is 2.35 bits per heavy atom. The summed E-state index contributed by atoms with van der Waals surface area (Å²) in [5.41, 5.74) is 2.73. The van der Waals surface area contributed by atoms with Gasteiger partial charge in [-0.15, -0.1) is 0 Å². The van der Waals surface area contributed by atoms with Gasteiger partial charge in [0.05, 0.1) is 31.2 Å². The van der Waals surface area contributed by atoms with Crippen molar-refractivity contribution < 1.29 is 23.4 Å². The summed E-state index contributed by atoms with van der Waals surface area (Å²) in [5, 5.41) is 12.8. The van der Waals surface area contributed by atoms with Crippen LogP contribution in [0.1, 0.15) is 46.7 Å². The predicted molar refractivity (Wildman–Crippen MR) is 144 cm³/mol. The van der Waals surface area contributed by atoms with Crippen LogP contribution >= 0.6 is 0 Å². The van der Waals surface area contributed by atoms with Crippen LogP contribution in [0.25, 0.3) is 0 Å². The minimum Gasteiger partial charge on any atom is -0.502 e. The van der Waals surface area contributed by atoms with Crippen molar-refractivity contribution in [3.05, 3.63) is 93.2 Å². The average molecular weight is 549 g/mol. The first kappa shape index (κ1) is 27.5. The van der Waals surface area contributed by atoms with E-state index in [-0.39, 0.29) is 12.1 Å². The summed E-state index contributed by atoms with van der Waals surface area (Å²) in [6, 6.07) is 14.5. The lowest BCUT2D eigenvalue weighted by molar-refractivity contribution is -0.130. The molecule has 0 radical (unpaired) electrons. The summed E-state index contributed by atoms with van der Waals surface area (Å²) in [7, 11) is 0. The Labute approximate surface area is 230 Å². The van der Waals surface area contributed by atoms with Gasteiger partial charge in [-0.2, -0.15) is 0 Å². The number of aromatic nitrogens is 2. The Kier molecular flexibility index (Phi) is 8.24. The van der Waals surface area contributed by atoms with Gasteiger partial charge in [0, 0.05) is 56.1 Å². The van der Waals surface area contributed by atoms with Crippen molar-refractivity contribution in [3.63, 3.8) is 0 Å². The van der Waals surface area contributed by atoms with E-state index in [9.17, 15) is 23.5 Å². The van der Waals surface area contributed by atoms with Crippen molar-refractivity contribution in [1.82, 2.24) is 20.2 Å². The van der Waals surface area contributed by atoms with Crippen LogP contribution < -0.4 is 10.9 Å². The van der Waals surface area contributed by atoms with Gasteiger partial charge in [-0.3, -0.25) is 14.5 Å². The van der Waals surface area contributed by atoms with E-state index < -0.39 is 47.9 Å². The second-order valence-electron chi connectivity index (χ2n) is 10.2. The Bertz CT molecular complexity index is 1450. The molecule has 0 bridgehead atoms. The molecule has 10 heteroatoms. The molecule has 1 saturated carbocycles. The maximum Gasteiger partial charge on any atom is 0.293 e. The van der Waals surface area contributed by atoms with Crippen LogP contribution in [0.3, 0.4) is 0 Å². The third-order valence-electron chi connectivity index (χ3n) is 7.18. The van der Waals surface area contributed by atoms with Gasteiger partial charge in [-0.1, -0.05) is 36.1 Å². The highest BCUT2D eigenvalue weighted by atomic mass is 19.3. The van der Waals surface area contributed by atoms with Crippen LogP contribution in [0.2, 0.25) is 0 Å². The van der Waals surface area contributed by atoms with Crippen LogP contribution in [-0.2, 0) is 22.5 Å². The fourth-order valence-corrected chi connectivity index (χ4v) is 4.85. The monoisotopic (exact) mass is 548 g/mol. The largest absolute Gasteiger partial charge is 0.502 e. The number of aromatic amines is 1. The third kappa shape index (κ3) is 6.92. The van der Waals surface area contributed by atoms with Gasteiger partial charge in [0.2, 0.25) is 11.7 Å². The van der Waals surface area contributed by atoms with E-state index >= 15 is 0 Å². The molecule has 2 fully saturated rings. The van der Waals surface area contributed by atoms with Crippen molar-refractivity contribution in [2.75, 3.05) is 26.3 Å². The van der Waals surface area contributed by atoms with Crippen LogP contribution in [0, 0.1) is 11.8 Å². The van der Waals surface area contributed by atoms with Crippen LogP contribution in [0.5, 0.6) is 5.75 Å². The molecule has 1 aliphatic heterocycles. The Hall–Kier alpha value is -4.07. The van der Waals surface area contributed by atoms with Crippen molar-refractivity contribution in [2.45, 2.75) is 43.7 Å². The number of rotatable bonds is 7. The minimum absolute atomic E-state index is 0.0452. The molecule has 2 heterocycles. The second kappa shape index (κ2) is 12.0. The highest BCUT2D eigenvalue weighted by Gasteiger charge is 2.46. The molecule has 1 aliphatic carbocycles. The number of carbonyl (C=O) groups excluding carboxylic acids is 1. The van der Waals surface area contributed by atoms with Gasteiger partial charge < -0.3 is 20.1 Å². The number of nitrogens with one attached hydrogen (secondary N) is 2. The molecule has 3 aromatic rings. The van der Waals surface area contributed by atoms with E-state index in [1.165, 1.54) is 5.56 Å². The number of carbonyl (C=O) groups is 1. The molecular formula is C30H30F2N4O4. The van der Waals surface area contributed by atoms with Gasteiger partial charge >= 0.3 is 0 Å². The maximum absolute atomic E-state index is 13.3. The SMILES string of the molecule is O=C(NC1CC(F)(F)C1)C(Cc1nc[nH]c(=O)c1O)c1ccc(C#Cc2ccc(CN3CCOCC3)cc2)cc1. The molecule has 1 unspecified atom stereocenters. The average Bonchev–Trinajstić information content (AvgIpc) is 2.93. The smallest absolute Gasteiger partial charge is 0.293 e. The van der Waals surface area contributed by atoms with E-state index in [2.05, 4.69) is 44.2 Å². The van der Waals surface area contributed by atoms with Gasteiger partial charge in [0.1, 0.15) is 0 Å². The highest BCUT2D eigenvalue weighted by molar-refractivity contribution is 5.84. The zero-order valence-corrected chi connectivity index (χ0v) is 21.8. The molecule has 1 saturated heterocycles. The van der Waals surface area contributed by atoms with Crippen molar-refractivity contribution in [1.29, 1.82) is 0 Å². The summed E-state index contributed by atoms with van der Waals surface area (Å²) in [6.45, 7) is 4.26. The van der Waals surface area contributed by atoms with Gasteiger partial charge in [0.25, 0.3) is 11.5 Å². The molecule has 2 aromatic carbocycles. The first-order valence-corrected chi connectivity index (χ1v) is 13.2. The quantitative estimate of drug-likeness (QED) is 0.392. The van der Waals surface area contributed by atoms with Crippen molar-refractivity contribution >= 4 is 5.91 Å². The molecule has 208 valence electrons. The third-order valence-corrected chi connectivity index (χ3v) is 7.18. The number of morpholine rings is 1. The number of aromatic hydroxyl groups is 1. The number of alkyl halides is 2. The van der Waals surface area contributed by atoms with E-state index in [1.54, 1.807) is 24.3 Å². The summed E-state index contributed by atoms with van der Waals surface area (Å²) >= 11 is 0.